The summed E-state index contributed by atoms with van der Waals surface area (Å²) in [5, 5.41) is 25.7. The number of rotatable bonds is 8. The number of halogens is 1. The van der Waals surface area contributed by atoms with Crippen molar-refractivity contribution >= 4 is 5.97 Å². The van der Waals surface area contributed by atoms with Crippen molar-refractivity contribution in [2.24, 2.45) is 62.1 Å². The summed E-state index contributed by atoms with van der Waals surface area (Å²) in [7, 11) is 0. The molecule has 5 heteroatoms. The fourth-order valence-electron chi connectivity index (χ4n) is 15.3. The first-order valence-corrected chi connectivity index (χ1v) is 21.5. The van der Waals surface area contributed by atoms with E-state index in [0.29, 0.717) is 54.3 Å². The molecule has 0 unspecified atom stereocenters. The molecule has 0 radical (unpaired) electrons. The van der Waals surface area contributed by atoms with Gasteiger partial charge in [-0.3, -0.25) is 4.79 Å². The molecule has 0 spiro atoms. The Morgan fingerprint density at radius 2 is 1.56 bits per heavy atom. The van der Waals surface area contributed by atoms with E-state index in [0.717, 1.165) is 45.1 Å². The van der Waals surface area contributed by atoms with E-state index in [2.05, 4.69) is 79.4 Å². The Kier molecular flexibility index (Phi) is 9.54. The maximum absolute atomic E-state index is 14.0. The molecule has 0 saturated heterocycles. The third-order valence-corrected chi connectivity index (χ3v) is 18.9. The third-order valence-electron chi connectivity index (χ3n) is 18.9. The van der Waals surface area contributed by atoms with Crippen LogP contribution in [0.3, 0.4) is 0 Å². The van der Waals surface area contributed by atoms with E-state index in [-0.39, 0.29) is 27.2 Å². The Hall–Kier alpha value is -1.46. The molecular formula is C47H74FNO3. The molecule has 7 aliphatic rings. The molecule has 5 saturated carbocycles. The van der Waals surface area contributed by atoms with Gasteiger partial charge in [0.2, 0.25) is 0 Å². The first kappa shape index (κ1) is 38.8. The topological polar surface area (TPSA) is 69.6 Å². The summed E-state index contributed by atoms with van der Waals surface area (Å²) in [5.41, 5.74) is 3.58. The Morgan fingerprint density at radius 3 is 2.17 bits per heavy atom. The zero-order chi connectivity index (χ0) is 37.8. The summed E-state index contributed by atoms with van der Waals surface area (Å²) in [5.74, 6) is 2.11. The highest BCUT2D eigenvalue weighted by atomic mass is 19.1. The standard InChI is InChI=1S/C47H74FNO3/c1-31(2)33-14-21-47(49-29-28-46(52)25-22-40(3,4)23-26-46)27-24-43(8)35(38(33)47)10-11-37-42(7)17-15-34(41(5,6)36(42)16-18-44(37,43)9)32-12-19-45(30-48,20-13-32)39(50)51/h12,15,33,35-38,49,52H,1,10-11,13-14,16-30H2,2-9H3,(H,50,51)/t33-,35+,36-,37+,38+,42-,43+,44+,45-,47-/m0/s1. The number of carboxylic acid groups (broad SMARTS) is 1. The lowest BCUT2D eigenvalue weighted by Gasteiger charge is -2.72. The average molecular weight is 720 g/mol. The quantitative estimate of drug-likeness (QED) is 0.218. The van der Waals surface area contributed by atoms with Gasteiger partial charge in [0.25, 0.3) is 0 Å². The molecule has 292 valence electrons. The fraction of sp³-hybridized carbons (Fsp3) is 0.851. The second kappa shape index (κ2) is 12.8. The van der Waals surface area contributed by atoms with E-state index >= 15 is 0 Å². The van der Waals surface area contributed by atoms with Gasteiger partial charge in [-0.25, -0.2) is 4.39 Å². The van der Waals surface area contributed by atoms with Crippen molar-refractivity contribution in [3.05, 3.63) is 35.5 Å². The number of fused-ring (bicyclic) bond motifs is 7. The smallest absolute Gasteiger partial charge is 0.312 e. The molecule has 0 aromatic carbocycles. The number of alkyl halides is 1. The van der Waals surface area contributed by atoms with Crippen LogP contribution in [0.1, 0.15) is 165 Å². The fourth-order valence-corrected chi connectivity index (χ4v) is 15.3. The lowest BCUT2D eigenvalue weighted by Crippen LogP contribution is -2.68. The number of hydrogen-bond acceptors (Lipinski definition) is 3. The van der Waals surface area contributed by atoms with Crippen LogP contribution >= 0.6 is 0 Å². The van der Waals surface area contributed by atoms with Crippen molar-refractivity contribution in [1.29, 1.82) is 0 Å². The van der Waals surface area contributed by atoms with Gasteiger partial charge in [0.05, 0.1) is 11.0 Å². The molecule has 52 heavy (non-hydrogen) atoms. The zero-order valence-corrected chi connectivity index (χ0v) is 34.4. The minimum Gasteiger partial charge on any atom is -0.481 e. The molecule has 4 nitrogen and oxygen atoms in total. The van der Waals surface area contributed by atoms with Crippen LogP contribution in [0.5, 0.6) is 0 Å². The number of nitrogens with one attached hydrogen (secondary N) is 1. The number of carboxylic acids is 1. The number of carbonyl (C=O) groups is 1. The van der Waals surface area contributed by atoms with Gasteiger partial charge in [-0.15, -0.1) is 0 Å². The lowest BCUT2D eigenvalue weighted by molar-refractivity contribution is -0.221. The molecule has 7 aliphatic carbocycles. The molecule has 5 fully saturated rings. The van der Waals surface area contributed by atoms with E-state index in [9.17, 15) is 19.4 Å². The van der Waals surface area contributed by atoms with Crippen molar-refractivity contribution in [3.63, 3.8) is 0 Å². The number of hydrogen-bond donors (Lipinski definition) is 3. The maximum atomic E-state index is 14.0. The van der Waals surface area contributed by atoms with E-state index < -0.39 is 23.7 Å². The van der Waals surface area contributed by atoms with Crippen molar-refractivity contribution in [1.82, 2.24) is 5.32 Å². The molecule has 10 atom stereocenters. The molecule has 0 aromatic rings. The third kappa shape index (κ3) is 5.72. The van der Waals surface area contributed by atoms with Gasteiger partial charge in [0, 0.05) is 5.54 Å². The number of aliphatic carboxylic acids is 1. The van der Waals surface area contributed by atoms with Gasteiger partial charge < -0.3 is 15.5 Å². The van der Waals surface area contributed by atoms with E-state index in [1.165, 1.54) is 68.1 Å². The largest absolute Gasteiger partial charge is 0.481 e. The Morgan fingerprint density at radius 1 is 0.846 bits per heavy atom. The highest BCUT2D eigenvalue weighted by Gasteiger charge is 2.70. The Labute approximate surface area is 316 Å². The number of allylic oxidation sites excluding steroid dienone is 5. The predicted molar refractivity (Wildman–Crippen MR) is 211 cm³/mol. The molecule has 3 N–H and O–H groups in total. The Bertz CT molecular complexity index is 1500. The molecule has 0 amide bonds. The molecule has 0 aromatic heterocycles. The van der Waals surface area contributed by atoms with Crippen LogP contribution in [0.15, 0.2) is 35.5 Å². The van der Waals surface area contributed by atoms with Crippen LogP contribution in [-0.4, -0.2) is 40.5 Å². The first-order valence-electron chi connectivity index (χ1n) is 21.5. The van der Waals surface area contributed by atoms with Crippen LogP contribution in [0.2, 0.25) is 0 Å². The highest BCUT2D eigenvalue weighted by molar-refractivity contribution is 5.75. The van der Waals surface area contributed by atoms with Gasteiger partial charge >= 0.3 is 5.97 Å². The molecular weight excluding hydrogens is 646 g/mol. The normalized spacial score (nSPS) is 46.1. The van der Waals surface area contributed by atoms with Crippen molar-refractivity contribution in [2.45, 2.75) is 176 Å². The summed E-state index contributed by atoms with van der Waals surface area (Å²) >= 11 is 0. The number of aliphatic hydroxyl groups is 1. The SMILES string of the molecule is C=C(C)[C@@H]1CC[C@]2(NCCC3(O)CCC(C)(C)CC3)CC[C@]3(C)[C@H](CC[C@@H]4[C@@]5(C)CC=C(C6=CC[C@](CF)(C(=O)O)CC6)C(C)(C)[C@@H]5CC[C@]43C)[C@@H]12. The van der Waals surface area contributed by atoms with Gasteiger partial charge in [-0.2, -0.15) is 0 Å². The van der Waals surface area contributed by atoms with Crippen LogP contribution < -0.4 is 5.32 Å². The summed E-state index contributed by atoms with van der Waals surface area (Å²) in [4.78, 5) is 12.0. The molecule has 0 heterocycles. The van der Waals surface area contributed by atoms with E-state index in [1.54, 1.807) is 0 Å². The van der Waals surface area contributed by atoms with Gasteiger partial charge in [0.1, 0.15) is 6.67 Å². The van der Waals surface area contributed by atoms with Crippen LogP contribution in [0.4, 0.5) is 4.39 Å². The highest BCUT2D eigenvalue weighted by Crippen LogP contribution is 2.76. The lowest BCUT2D eigenvalue weighted by atomic mass is 9.33. The summed E-state index contributed by atoms with van der Waals surface area (Å²) in [6, 6.07) is 0. The average Bonchev–Trinajstić information content (AvgIpc) is 3.46. The molecule has 7 rings (SSSR count). The summed E-state index contributed by atoms with van der Waals surface area (Å²) in [6.45, 7) is 24.8. The minimum atomic E-state index is -1.25. The zero-order valence-electron chi connectivity index (χ0n) is 34.4. The minimum absolute atomic E-state index is 0.00283. The second-order valence-electron chi connectivity index (χ2n) is 22.1. The van der Waals surface area contributed by atoms with Crippen LogP contribution in [0.25, 0.3) is 0 Å². The first-order chi connectivity index (χ1) is 24.2. The summed E-state index contributed by atoms with van der Waals surface area (Å²) < 4.78 is 14.0. The van der Waals surface area contributed by atoms with Gasteiger partial charge in [0.15, 0.2) is 0 Å². The Balaban J connectivity index is 1.13. The van der Waals surface area contributed by atoms with E-state index in [1.807, 2.05) is 0 Å². The van der Waals surface area contributed by atoms with Gasteiger partial charge in [-0.1, -0.05) is 72.8 Å². The van der Waals surface area contributed by atoms with Crippen LogP contribution in [0, 0.1) is 62.1 Å². The maximum Gasteiger partial charge on any atom is 0.312 e. The van der Waals surface area contributed by atoms with Crippen LogP contribution in [-0.2, 0) is 4.79 Å². The second-order valence-corrected chi connectivity index (χ2v) is 22.1. The molecule has 0 bridgehead atoms. The summed E-state index contributed by atoms with van der Waals surface area (Å²) in [6.07, 6.45) is 22.2. The molecule has 0 aliphatic heterocycles. The monoisotopic (exact) mass is 720 g/mol. The van der Waals surface area contributed by atoms with Crippen molar-refractivity contribution < 1.29 is 19.4 Å². The predicted octanol–water partition coefficient (Wildman–Crippen LogP) is 11.4. The van der Waals surface area contributed by atoms with Gasteiger partial charge in [-0.05, 0) is 190 Å². The van der Waals surface area contributed by atoms with E-state index in [4.69, 9.17) is 0 Å². The van der Waals surface area contributed by atoms with Crippen molar-refractivity contribution in [2.75, 3.05) is 13.2 Å². The van der Waals surface area contributed by atoms with Crippen molar-refractivity contribution in [3.8, 4) is 0 Å².